The molecule has 2 aromatic carbocycles. The molecule has 0 saturated carbocycles. The molecule has 0 radical (unpaired) electrons. The van der Waals surface area contributed by atoms with Crippen molar-refractivity contribution in [2.75, 3.05) is 0 Å². The molecule has 0 saturated heterocycles. The lowest BCUT2D eigenvalue weighted by atomic mass is 10.1. The van der Waals surface area contributed by atoms with Crippen LogP contribution in [0, 0.1) is 13.8 Å². The zero-order chi connectivity index (χ0) is 18.5. The third kappa shape index (κ3) is 4.70. The van der Waals surface area contributed by atoms with E-state index in [2.05, 4.69) is 28.4 Å². The van der Waals surface area contributed by atoms with Crippen molar-refractivity contribution in [3.05, 3.63) is 70.1 Å². The maximum absolute atomic E-state index is 12.1. The van der Waals surface area contributed by atoms with E-state index in [0.717, 1.165) is 11.1 Å². The fraction of sp³-hybridized carbons (Fsp3) is 0.250. The molecule has 1 aromatic heterocycles. The lowest BCUT2D eigenvalue weighted by Crippen LogP contribution is -2.23. The number of carbonyl (C=O) groups excluding carboxylic acids is 1. The molecule has 0 unspecified atom stereocenters. The van der Waals surface area contributed by atoms with E-state index in [-0.39, 0.29) is 5.91 Å². The van der Waals surface area contributed by atoms with Crippen LogP contribution in [-0.4, -0.2) is 16.0 Å². The van der Waals surface area contributed by atoms with E-state index in [4.69, 9.17) is 16.1 Å². The molecule has 0 bridgehead atoms. The summed E-state index contributed by atoms with van der Waals surface area (Å²) in [6.07, 6.45) is 0.701. The van der Waals surface area contributed by atoms with Crippen LogP contribution in [0.4, 0.5) is 0 Å². The highest BCUT2D eigenvalue weighted by Crippen LogP contribution is 2.19. The number of carbonyl (C=O) groups is 1. The van der Waals surface area contributed by atoms with Crippen LogP contribution in [-0.2, 0) is 17.8 Å². The molecule has 26 heavy (non-hydrogen) atoms. The first-order valence-electron chi connectivity index (χ1n) is 8.42. The van der Waals surface area contributed by atoms with Gasteiger partial charge in [0, 0.05) is 30.0 Å². The Morgan fingerprint density at radius 3 is 2.65 bits per heavy atom. The molecule has 0 spiro atoms. The van der Waals surface area contributed by atoms with Gasteiger partial charge in [0.05, 0.1) is 0 Å². The van der Waals surface area contributed by atoms with Crippen molar-refractivity contribution in [3.63, 3.8) is 0 Å². The molecule has 0 atom stereocenters. The third-order valence-corrected chi connectivity index (χ3v) is 4.36. The highest BCUT2D eigenvalue weighted by molar-refractivity contribution is 6.30. The first-order valence-corrected chi connectivity index (χ1v) is 8.80. The molecule has 5 nitrogen and oxygen atoms in total. The Hall–Kier alpha value is -2.66. The smallest absolute Gasteiger partial charge is 0.227 e. The largest absolute Gasteiger partial charge is 0.352 e. The topological polar surface area (TPSA) is 68.0 Å². The van der Waals surface area contributed by atoms with Crippen molar-refractivity contribution in [1.29, 1.82) is 0 Å². The second-order valence-electron chi connectivity index (χ2n) is 6.23. The number of rotatable bonds is 6. The summed E-state index contributed by atoms with van der Waals surface area (Å²) in [4.78, 5) is 16.4. The molecule has 0 aliphatic carbocycles. The average molecular weight is 370 g/mol. The van der Waals surface area contributed by atoms with E-state index in [1.54, 1.807) is 12.1 Å². The van der Waals surface area contributed by atoms with E-state index in [0.29, 0.717) is 36.1 Å². The summed E-state index contributed by atoms with van der Waals surface area (Å²) in [6.45, 7) is 4.62. The number of amides is 1. The van der Waals surface area contributed by atoms with Gasteiger partial charge in [-0.15, -0.1) is 0 Å². The lowest BCUT2D eigenvalue weighted by molar-refractivity contribution is -0.121. The van der Waals surface area contributed by atoms with Crippen LogP contribution in [0.25, 0.3) is 11.4 Å². The second-order valence-corrected chi connectivity index (χ2v) is 6.66. The predicted octanol–water partition coefficient (Wildman–Crippen LogP) is 4.26. The number of aryl methyl sites for hydroxylation is 3. The summed E-state index contributed by atoms with van der Waals surface area (Å²) in [7, 11) is 0. The van der Waals surface area contributed by atoms with Crippen LogP contribution in [0.2, 0.25) is 5.02 Å². The van der Waals surface area contributed by atoms with Gasteiger partial charge in [-0.1, -0.05) is 40.5 Å². The number of nitrogens with zero attached hydrogens (tertiary/aromatic N) is 2. The van der Waals surface area contributed by atoms with Crippen LogP contribution in [0.1, 0.15) is 29.0 Å². The molecule has 134 valence electrons. The molecule has 0 fully saturated rings. The number of benzene rings is 2. The molecule has 6 heteroatoms. The molecule has 0 aliphatic heterocycles. The maximum atomic E-state index is 12.1. The zero-order valence-electron chi connectivity index (χ0n) is 14.8. The summed E-state index contributed by atoms with van der Waals surface area (Å²) in [5, 5.41) is 7.53. The second kappa shape index (κ2) is 8.15. The van der Waals surface area contributed by atoms with Gasteiger partial charge in [0.25, 0.3) is 0 Å². The van der Waals surface area contributed by atoms with Gasteiger partial charge in [-0.2, -0.15) is 4.98 Å². The summed E-state index contributed by atoms with van der Waals surface area (Å²) >= 11 is 5.87. The Morgan fingerprint density at radius 1 is 1.15 bits per heavy atom. The SMILES string of the molecule is Cc1ccc(CNC(=O)CCc2nc(-c3ccc(Cl)cc3)no2)c(C)c1. The predicted molar refractivity (Wildman–Crippen MR) is 101 cm³/mol. The summed E-state index contributed by atoms with van der Waals surface area (Å²) in [6, 6.07) is 13.4. The Labute approximate surface area is 157 Å². The third-order valence-electron chi connectivity index (χ3n) is 4.11. The van der Waals surface area contributed by atoms with E-state index in [1.807, 2.05) is 31.2 Å². The highest BCUT2D eigenvalue weighted by Gasteiger charge is 2.11. The van der Waals surface area contributed by atoms with Gasteiger partial charge in [-0.25, -0.2) is 0 Å². The van der Waals surface area contributed by atoms with Crippen molar-refractivity contribution in [1.82, 2.24) is 15.5 Å². The van der Waals surface area contributed by atoms with Crippen molar-refractivity contribution in [3.8, 4) is 11.4 Å². The highest BCUT2D eigenvalue weighted by atomic mass is 35.5. The molecular formula is C20H20ClN3O2. The van der Waals surface area contributed by atoms with Crippen LogP contribution < -0.4 is 5.32 Å². The lowest BCUT2D eigenvalue weighted by Gasteiger charge is -2.08. The van der Waals surface area contributed by atoms with E-state index < -0.39 is 0 Å². The first kappa shape index (κ1) is 18.1. The minimum Gasteiger partial charge on any atom is -0.352 e. The number of aromatic nitrogens is 2. The normalized spacial score (nSPS) is 10.7. The van der Waals surface area contributed by atoms with Gasteiger partial charge < -0.3 is 9.84 Å². The van der Waals surface area contributed by atoms with Gasteiger partial charge in [-0.3, -0.25) is 4.79 Å². The summed E-state index contributed by atoms with van der Waals surface area (Å²) < 4.78 is 5.22. The van der Waals surface area contributed by atoms with Gasteiger partial charge in [0.1, 0.15) is 0 Å². The van der Waals surface area contributed by atoms with Crippen LogP contribution in [0.15, 0.2) is 47.0 Å². The summed E-state index contributed by atoms with van der Waals surface area (Å²) in [5.74, 6) is 0.889. The summed E-state index contributed by atoms with van der Waals surface area (Å²) in [5.41, 5.74) is 4.33. The number of hydrogen-bond donors (Lipinski definition) is 1. The Morgan fingerprint density at radius 2 is 1.92 bits per heavy atom. The van der Waals surface area contributed by atoms with Gasteiger partial charge >= 0.3 is 0 Å². The fourth-order valence-electron chi connectivity index (χ4n) is 2.62. The number of nitrogens with one attached hydrogen (secondary N) is 1. The van der Waals surface area contributed by atoms with E-state index in [9.17, 15) is 4.79 Å². The molecule has 1 N–H and O–H groups in total. The minimum atomic E-state index is -0.0452. The van der Waals surface area contributed by atoms with Crippen LogP contribution >= 0.6 is 11.6 Å². The van der Waals surface area contributed by atoms with E-state index in [1.165, 1.54) is 11.1 Å². The molecule has 3 rings (SSSR count). The standard InChI is InChI=1S/C20H20ClN3O2/c1-13-3-4-16(14(2)11-13)12-22-18(25)9-10-19-23-20(24-26-19)15-5-7-17(21)8-6-15/h3-8,11H,9-10,12H2,1-2H3,(H,22,25). The molecular weight excluding hydrogens is 350 g/mol. The van der Waals surface area contributed by atoms with Crippen LogP contribution in [0.3, 0.4) is 0 Å². The maximum Gasteiger partial charge on any atom is 0.227 e. The Kier molecular flexibility index (Phi) is 5.68. The molecule has 3 aromatic rings. The average Bonchev–Trinajstić information content (AvgIpc) is 3.09. The molecule has 1 heterocycles. The molecule has 0 aliphatic rings. The van der Waals surface area contributed by atoms with Crippen molar-refractivity contribution < 1.29 is 9.32 Å². The fourth-order valence-corrected chi connectivity index (χ4v) is 2.75. The van der Waals surface area contributed by atoms with Crippen LogP contribution in [0.5, 0.6) is 0 Å². The van der Waals surface area contributed by atoms with Gasteiger partial charge in [-0.05, 0) is 49.2 Å². The zero-order valence-corrected chi connectivity index (χ0v) is 15.5. The Balaban J connectivity index is 1.51. The Bertz CT molecular complexity index is 904. The van der Waals surface area contributed by atoms with Gasteiger partial charge in [0.2, 0.25) is 17.6 Å². The first-order chi connectivity index (χ1) is 12.5. The number of hydrogen-bond acceptors (Lipinski definition) is 4. The number of halogens is 1. The minimum absolute atomic E-state index is 0.0452. The van der Waals surface area contributed by atoms with Crippen molar-refractivity contribution in [2.24, 2.45) is 0 Å². The van der Waals surface area contributed by atoms with Crippen molar-refractivity contribution in [2.45, 2.75) is 33.2 Å². The van der Waals surface area contributed by atoms with Crippen molar-refractivity contribution >= 4 is 17.5 Å². The monoisotopic (exact) mass is 369 g/mol. The molecule has 1 amide bonds. The van der Waals surface area contributed by atoms with E-state index >= 15 is 0 Å². The van der Waals surface area contributed by atoms with Gasteiger partial charge in [0.15, 0.2) is 0 Å². The quantitative estimate of drug-likeness (QED) is 0.705.